The summed E-state index contributed by atoms with van der Waals surface area (Å²) in [4.78, 5) is 12.7. The molecule has 0 N–H and O–H groups in total. The number of alkyl halides is 3. The molecule has 0 aliphatic heterocycles. The van der Waals surface area contributed by atoms with Crippen LogP contribution < -0.4 is 0 Å². The van der Waals surface area contributed by atoms with Gasteiger partial charge >= 0.3 is 6.18 Å². The molecular weight excluding hydrogens is 329 g/mol. The van der Waals surface area contributed by atoms with Crippen LogP contribution in [0.4, 0.5) is 13.2 Å². The fraction of sp³-hybridized carbons (Fsp3) is 0.158. The van der Waals surface area contributed by atoms with E-state index in [-0.39, 0.29) is 23.5 Å². The number of ketones is 1. The van der Waals surface area contributed by atoms with Gasteiger partial charge in [0.15, 0.2) is 0 Å². The first kappa shape index (κ1) is 17.0. The van der Waals surface area contributed by atoms with E-state index >= 15 is 0 Å². The molecule has 2 aromatic carbocycles. The Bertz CT molecular complexity index is 953. The summed E-state index contributed by atoms with van der Waals surface area (Å²) >= 11 is 0. The quantitative estimate of drug-likeness (QED) is 0.504. The van der Waals surface area contributed by atoms with Crippen LogP contribution in [-0.4, -0.2) is 15.6 Å². The van der Waals surface area contributed by atoms with Gasteiger partial charge in [-0.2, -0.15) is 18.3 Å². The third kappa shape index (κ3) is 3.20. The third-order valence-corrected chi connectivity index (χ3v) is 3.91. The molecular formula is C19H15F3N2O. The van der Waals surface area contributed by atoms with E-state index in [0.29, 0.717) is 10.9 Å². The smallest absolute Gasteiger partial charge is 0.287 e. The number of nitrogens with zero attached hydrogens (tertiary/aromatic N) is 2. The highest BCUT2D eigenvalue weighted by Gasteiger charge is 2.31. The average Bonchev–Trinajstić information content (AvgIpc) is 2.93. The van der Waals surface area contributed by atoms with Gasteiger partial charge in [0.2, 0.25) is 5.78 Å². The van der Waals surface area contributed by atoms with Crippen LogP contribution in [0.15, 0.2) is 55.1 Å². The molecule has 25 heavy (non-hydrogen) atoms. The maximum atomic E-state index is 13.0. The molecule has 1 aromatic heterocycles. The SMILES string of the molecule is C=CCn1nc(C(=O)c2ccc(C)cc2)c2ccc(C(F)(F)F)cc21. The number of aryl methyl sites for hydroxylation is 1. The molecule has 0 bridgehead atoms. The summed E-state index contributed by atoms with van der Waals surface area (Å²) in [5.41, 5.74) is 1.06. The van der Waals surface area contributed by atoms with E-state index in [4.69, 9.17) is 0 Å². The Morgan fingerprint density at radius 2 is 1.88 bits per heavy atom. The van der Waals surface area contributed by atoms with E-state index in [0.717, 1.165) is 17.7 Å². The Balaban J connectivity index is 2.17. The summed E-state index contributed by atoms with van der Waals surface area (Å²) in [7, 11) is 0. The van der Waals surface area contributed by atoms with Crippen LogP contribution in [0, 0.1) is 6.92 Å². The summed E-state index contributed by atoms with van der Waals surface area (Å²) in [5.74, 6) is -0.326. The number of fused-ring (bicyclic) bond motifs is 1. The first-order chi connectivity index (χ1) is 11.8. The summed E-state index contributed by atoms with van der Waals surface area (Å²) in [5, 5.41) is 4.62. The highest BCUT2D eigenvalue weighted by atomic mass is 19.4. The second kappa shape index (κ2) is 6.20. The van der Waals surface area contributed by atoms with Gasteiger partial charge < -0.3 is 0 Å². The van der Waals surface area contributed by atoms with Crippen molar-refractivity contribution in [2.24, 2.45) is 0 Å². The van der Waals surface area contributed by atoms with Crippen molar-refractivity contribution >= 4 is 16.7 Å². The summed E-state index contributed by atoms with van der Waals surface area (Å²) in [6.45, 7) is 5.70. The molecule has 128 valence electrons. The first-order valence-corrected chi connectivity index (χ1v) is 7.61. The average molecular weight is 344 g/mol. The number of rotatable bonds is 4. The molecule has 3 nitrogen and oxygen atoms in total. The zero-order valence-electron chi connectivity index (χ0n) is 13.5. The van der Waals surface area contributed by atoms with Gasteiger partial charge in [-0.15, -0.1) is 6.58 Å². The summed E-state index contributed by atoms with van der Waals surface area (Å²) in [6.07, 6.45) is -2.94. The van der Waals surface area contributed by atoms with Crippen LogP contribution in [0.1, 0.15) is 27.2 Å². The molecule has 1 heterocycles. The number of hydrogen-bond acceptors (Lipinski definition) is 2. The van der Waals surface area contributed by atoms with Gasteiger partial charge in [0.1, 0.15) is 5.69 Å². The topological polar surface area (TPSA) is 34.9 Å². The van der Waals surface area contributed by atoms with E-state index in [1.807, 2.05) is 6.92 Å². The lowest BCUT2D eigenvalue weighted by Gasteiger charge is -2.07. The Morgan fingerprint density at radius 3 is 2.48 bits per heavy atom. The Hall–Kier alpha value is -2.89. The third-order valence-electron chi connectivity index (χ3n) is 3.91. The molecule has 0 radical (unpaired) electrons. The van der Waals surface area contributed by atoms with Crippen LogP contribution in [0.3, 0.4) is 0 Å². The molecule has 0 saturated heterocycles. The first-order valence-electron chi connectivity index (χ1n) is 7.61. The van der Waals surface area contributed by atoms with Crippen LogP contribution in [-0.2, 0) is 12.7 Å². The standard InChI is InChI=1S/C19H15F3N2O/c1-3-10-24-16-11-14(19(20,21)22)8-9-15(16)17(23-24)18(25)13-6-4-12(2)5-7-13/h3-9,11H,1,10H2,2H3. The number of benzene rings is 2. The summed E-state index contributed by atoms with van der Waals surface area (Å²) in [6, 6.07) is 10.2. The number of allylic oxidation sites excluding steroid dienone is 1. The van der Waals surface area contributed by atoms with E-state index in [9.17, 15) is 18.0 Å². The van der Waals surface area contributed by atoms with Crippen molar-refractivity contribution in [2.45, 2.75) is 19.6 Å². The molecule has 0 aliphatic rings. The van der Waals surface area contributed by atoms with Crippen molar-refractivity contribution in [1.29, 1.82) is 0 Å². The molecule has 6 heteroatoms. The van der Waals surface area contributed by atoms with Crippen LogP contribution in [0.25, 0.3) is 10.9 Å². The van der Waals surface area contributed by atoms with E-state index < -0.39 is 11.7 Å². The van der Waals surface area contributed by atoms with Gasteiger partial charge in [0, 0.05) is 10.9 Å². The van der Waals surface area contributed by atoms with E-state index in [2.05, 4.69) is 11.7 Å². The highest BCUT2D eigenvalue weighted by molar-refractivity contribution is 6.14. The highest BCUT2D eigenvalue weighted by Crippen LogP contribution is 2.32. The molecule has 0 amide bonds. The monoisotopic (exact) mass is 344 g/mol. The molecule has 0 aliphatic carbocycles. The lowest BCUT2D eigenvalue weighted by molar-refractivity contribution is -0.137. The van der Waals surface area contributed by atoms with Crippen molar-refractivity contribution in [3.8, 4) is 0 Å². The molecule has 0 fully saturated rings. The molecule has 0 saturated carbocycles. The molecule has 0 spiro atoms. The molecule has 0 atom stereocenters. The molecule has 0 unspecified atom stereocenters. The minimum Gasteiger partial charge on any atom is -0.287 e. The molecule has 3 rings (SSSR count). The van der Waals surface area contributed by atoms with Gasteiger partial charge in [-0.05, 0) is 25.1 Å². The van der Waals surface area contributed by atoms with Crippen molar-refractivity contribution in [3.05, 3.63) is 77.5 Å². The Kier molecular flexibility index (Phi) is 4.20. The number of carbonyl (C=O) groups is 1. The number of hydrogen-bond donors (Lipinski definition) is 0. The normalized spacial score (nSPS) is 11.7. The minimum atomic E-state index is -4.46. The fourth-order valence-electron chi connectivity index (χ4n) is 2.62. The van der Waals surface area contributed by atoms with Crippen molar-refractivity contribution in [2.75, 3.05) is 0 Å². The molecule has 3 aromatic rings. The maximum Gasteiger partial charge on any atom is 0.416 e. The van der Waals surface area contributed by atoms with Crippen LogP contribution in [0.2, 0.25) is 0 Å². The lowest BCUT2D eigenvalue weighted by Crippen LogP contribution is -2.05. The van der Waals surface area contributed by atoms with Crippen molar-refractivity contribution in [1.82, 2.24) is 9.78 Å². The predicted octanol–water partition coefficient (Wildman–Crippen LogP) is 4.78. The zero-order chi connectivity index (χ0) is 18.2. The second-order valence-corrected chi connectivity index (χ2v) is 5.74. The van der Waals surface area contributed by atoms with E-state index in [1.165, 1.54) is 16.8 Å². The summed E-state index contributed by atoms with van der Waals surface area (Å²) < 4.78 is 40.3. The van der Waals surface area contributed by atoms with Gasteiger partial charge in [0.05, 0.1) is 17.6 Å². The Labute approximate surface area is 142 Å². The van der Waals surface area contributed by atoms with Gasteiger partial charge in [0.25, 0.3) is 0 Å². The fourth-order valence-corrected chi connectivity index (χ4v) is 2.62. The zero-order valence-corrected chi connectivity index (χ0v) is 13.5. The number of carbonyl (C=O) groups excluding carboxylic acids is 1. The van der Waals surface area contributed by atoms with Crippen LogP contribution in [0.5, 0.6) is 0 Å². The van der Waals surface area contributed by atoms with Crippen LogP contribution >= 0.6 is 0 Å². The van der Waals surface area contributed by atoms with Gasteiger partial charge in [-0.1, -0.05) is 35.9 Å². The largest absolute Gasteiger partial charge is 0.416 e. The van der Waals surface area contributed by atoms with Gasteiger partial charge in [-0.25, -0.2) is 0 Å². The second-order valence-electron chi connectivity index (χ2n) is 5.74. The lowest BCUT2D eigenvalue weighted by atomic mass is 10.0. The number of halogens is 3. The van der Waals surface area contributed by atoms with Crippen molar-refractivity contribution in [3.63, 3.8) is 0 Å². The van der Waals surface area contributed by atoms with E-state index in [1.54, 1.807) is 24.3 Å². The Morgan fingerprint density at radius 1 is 1.20 bits per heavy atom. The van der Waals surface area contributed by atoms with Crippen molar-refractivity contribution < 1.29 is 18.0 Å². The van der Waals surface area contributed by atoms with Gasteiger partial charge in [-0.3, -0.25) is 9.48 Å². The maximum absolute atomic E-state index is 13.0. The predicted molar refractivity (Wildman–Crippen MR) is 89.5 cm³/mol. The minimum absolute atomic E-state index is 0.134. The number of aromatic nitrogens is 2.